The molecule has 0 saturated heterocycles. The summed E-state index contributed by atoms with van der Waals surface area (Å²) in [7, 11) is 0. The van der Waals surface area contributed by atoms with Gasteiger partial charge >= 0.3 is 5.97 Å². The number of fused-ring (bicyclic) bond motifs is 3. The lowest BCUT2D eigenvalue weighted by atomic mass is 9.79. The van der Waals surface area contributed by atoms with Crippen LogP contribution in [0.25, 0.3) is 21.8 Å². The van der Waals surface area contributed by atoms with E-state index in [9.17, 15) is 4.79 Å². The average molecular weight is 364 g/mol. The third-order valence-electron chi connectivity index (χ3n) is 5.71. The number of aromatic nitrogens is 2. The Morgan fingerprint density at radius 3 is 1.82 bits per heavy atom. The van der Waals surface area contributed by atoms with Crippen LogP contribution in [0.5, 0.6) is 0 Å². The van der Waals surface area contributed by atoms with Crippen LogP contribution in [0.4, 0.5) is 0 Å². The molecule has 0 atom stereocenters. The Labute approximate surface area is 160 Å². The van der Waals surface area contributed by atoms with Gasteiger partial charge < -0.3 is 14.7 Å². The molecule has 1 aliphatic heterocycles. The van der Waals surface area contributed by atoms with Crippen molar-refractivity contribution in [2.75, 3.05) is 0 Å². The highest BCUT2D eigenvalue weighted by atomic mass is 16.6. The second-order valence-corrected chi connectivity index (χ2v) is 7.11. The Morgan fingerprint density at radius 2 is 1.18 bits per heavy atom. The van der Waals surface area contributed by atoms with Crippen LogP contribution < -0.4 is 0 Å². The van der Waals surface area contributed by atoms with Gasteiger partial charge in [0.05, 0.1) is 5.56 Å². The molecule has 4 nitrogen and oxygen atoms in total. The summed E-state index contributed by atoms with van der Waals surface area (Å²) < 4.78 is 6.25. The summed E-state index contributed by atoms with van der Waals surface area (Å²) in [4.78, 5) is 19.6. The third-order valence-corrected chi connectivity index (χ3v) is 5.71. The van der Waals surface area contributed by atoms with Crippen molar-refractivity contribution in [3.05, 3.63) is 107 Å². The largest absolute Gasteiger partial charge is 0.440 e. The molecule has 5 aromatic rings. The maximum absolute atomic E-state index is 12.9. The van der Waals surface area contributed by atoms with Gasteiger partial charge in [-0.05, 0) is 18.2 Å². The Bertz CT molecular complexity index is 1300. The maximum Gasteiger partial charge on any atom is 0.340 e. The molecule has 2 N–H and O–H groups in total. The summed E-state index contributed by atoms with van der Waals surface area (Å²) in [5, 5.41) is 2.08. The molecule has 0 unspecified atom stereocenters. The number of ether oxygens (including phenoxy) is 1. The van der Waals surface area contributed by atoms with Crippen LogP contribution in [0, 0.1) is 0 Å². The van der Waals surface area contributed by atoms with E-state index in [1.807, 2.05) is 73.1 Å². The lowest BCUT2D eigenvalue weighted by Gasteiger charge is -2.29. The first-order chi connectivity index (χ1) is 13.8. The Hall–Kier alpha value is -3.79. The standard InChI is InChI=1S/C24H16N2O2/c27-23-17-9-1-4-10-18(17)24(28-23,19-13-25-21-11-5-2-7-15(19)21)20-14-26-22-12-6-3-8-16(20)22/h1-14,25-26H. The Morgan fingerprint density at radius 1 is 0.643 bits per heavy atom. The fraction of sp³-hybridized carbons (Fsp3) is 0.0417. The first kappa shape index (κ1) is 15.3. The quantitative estimate of drug-likeness (QED) is 0.428. The van der Waals surface area contributed by atoms with Crippen molar-refractivity contribution in [1.82, 2.24) is 9.97 Å². The van der Waals surface area contributed by atoms with E-state index < -0.39 is 5.60 Å². The zero-order valence-corrected chi connectivity index (χ0v) is 14.9. The van der Waals surface area contributed by atoms with Crippen molar-refractivity contribution in [3.63, 3.8) is 0 Å². The molecule has 0 amide bonds. The molecule has 4 heteroatoms. The minimum Gasteiger partial charge on any atom is -0.440 e. The van der Waals surface area contributed by atoms with E-state index in [1.165, 1.54) is 0 Å². The van der Waals surface area contributed by atoms with Crippen molar-refractivity contribution >= 4 is 27.8 Å². The lowest BCUT2D eigenvalue weighted by Crippen LogP contribution is -2.29. The van der Waals surface area contributed by atoms with Crippen LogP contribution in [-0.2, 0) is 10.3 Å². The number of hydrogen-bond acceptors (Lipinski definition) is 2. The fourth-order valence-electron chi connectivity index (χ4n) is 4.49. The minimum absolute atomic E-state index is 0.300. The third kappa shape index (κ3) is 1.81. The minimum atomic E-state index is -1.01. The number of para-hydroxylation sites is 2. The zero-order valence-electron chi connectivity index (χ0n) is 14.9. The van der Waals surface area contributed by atoms with Gasteiger partial charge in [0.15, 0.2) is 5.60 Å². The van der Waals surface area contributed by atoms with Gasteiger partial charge in [-0.2, -0.15) is 0 Å². The molecule has 3 aromatic carbocycles. The van der Waals surface area contributed by atoms with E-state index in [0.29, 0.717) is 5.56 Å². The molecular weight excluding hydrogens is 348 g/mol. The molecule has 134 valence electrons. The maximum atomic E-state index is 12.9. The molecule has 3 heterocycles. The fourth-order valence-corrected chi connectivity index (χ4v) is 4.49. The Kier molecular flexibility index (Phi) is 2.93. The van der Waals surface area contributed by atoms with Crippen LogP contribution in [0.2, 0.25) is 0 Å². The molecule has 0 aliphatic carbocycles. The van der Waals surface area contributed by atoms with Crippen LogP contribution in [0.1, 0.15) is 27.0 Å². The summed E-state index contributed by atoms with van der Waals surface area (Å²) in [6.45, 7) is 0. The van der Waals surface area contributed by atoms with Gasteiger partial charge in [0, 0.05) is 50.9 Å². The van der Waals surface area contributed by atoms with E-state index in [2.05, 4.69) is 22.1 Å². The number of benzene rings is 3. The number of esters is 1. The molecule has 0 fully saturated rings. The normalized spacial score (nSPS) is 15.1. The van der Waals surface area contributed by atoms with Crippen LogP contribution in [0.3, 0.4) is 0 Å². The predicted octanol–water partition coefficient (Wildman–Crippen LogP) is 5.11. The molecule has 0 bridgehead atoms. The average Bonchev–Trinajstić information content (AvgIpc) is 3.43. The van der Waals surface area contributed by atoms with Gasteiger partial charge in [0.1, 0.15) is 0 Å². The number of H-pyrrole nitrogens is 2. The summed E-state index contributed by atoms with van der Waals surface area (Å²) in [5.74, 6) is -0.300. The molecule has 2 aromatic heterocycles. The summed E-state index contributed by atoms with van der Waals surface area (Å²) >= 11 is 0. The molecule has 0 saturated carbocycles. The van der Waals surface area contributed by atoms with Gasteiger partial charge in [-0.3, -0.25) is 0 Å². The highest BCUT2D eigenvalue weighted by Crippen LogP contribution is 2.50. The van der Waals surface area contributed by atoms with Crippen molar-refractivity contribution in [3.8, 4) is 0 Å². The second kappa shape index (κ2) is 5.36. The van der Waals surface area contributed by atoms with Crippen molar-refractivity contribution < 1.29 is 9.53 Å². The summed E-state index contributed by atoms with van der Waals surface area (Å²) in [6, 6.07) is 23.8. The highest BCUT2D eigenvalue weighted by Gasteiger charge is 2.50. The number of carbonyl (C=O) groups excluding carboxylic acids is 1. The van der Waals surface area contributed by atoms with Crippen molar-refractivity contribution in [2.45, 2.75) is 5.60 Å². The van der Waals surface area contributed by atoms with E-state index in [1.54, 1.807) is 0 Å². The van der Waals surface area contributed by atoms with Gasteiger partial charge in [-0.15, -0.1) is 0 Å². The van der Waals surface area contributed by atoms with Crippen LogP contribution in [-0.4, -0.2) is 15.9 Å². The van der Waals surface area contributed by atoms with E-state index >= 15 is 0 Å². The lowest BCUT2D eigenvalue weighted by molar-refractivity contribution is 0.0260. The second-order valence-electron chi connectivity index (χ2n) is 7.11. The first-order valence-corrected chi connectivity index (χ1v) is 9.25. The number of hydrogen-bond donors (Lipinski definition) is 2. The number of rotatable bonds is 2. The van der Waals surface area contributed by atoms with Gasteiger partial charge in [0.25, 0.3) is 0 Å². The van der Waals surface area contributed by atoms with Crippen molar-refractivity contribution in [2.24, 2.45) is 0 Å². The van der Waals surface area contributed by atoms with E-state index in [-0.39, 0.29) is 5.97 Å². The van der Waals surface area contributed by atoms with Crippen LogP contribution >= 0.6 is 0 Å². The van der Waals surface area contributed by atoms with E-state index in [4.69, 9.17) is 4.74 Å². The number of cyclic esters (lactones) is 1. The number of nitrogens with one attached hydrogen (secondary N) is 2. The highest BCUT2D eigenvalue weighted by molar-refractivity contribution is 6.00. The monoisotopic (exact) mass is 364 g/mol. The molecular formula is C24H16N2O2. The molecule has 28 heavy (non-hydrogen) atoms. The number of carbonyl (C=O) groups is 1. The van der Waals surface area contributed by atoms with Crippen molar-refractivity contribution in [1.29, 1.82) is 0 Å². The zero-order chi connectivity index (χ0) is 18.7. The molecule has 6 rings (SSSR count). The summed E-state index contributed by atoms with van der Waals surface area (Å²) in [5.41, 5.74) is 4.37. The van der Waals surface area contributed by atoms with Gasteiger partial charge in [-0.25, -0.2) is 4.79 Å². The molecule has 1 aliphatic rings. The van der Waals surface area contributed by atoms with Crippen LogP contribution in [0.15, 0.2) is 85.2 Å². The van der Waals surface area contributed by atoms with Gasteiger partial charge in [0.2, 0.25) is 0 Å². The number of aromatic amines is 2. The predicted molar refractivity (Wildman–Crippen MR) is 108 cm³/mol. The SMILES string of the molecule is O=C1OC(c2c[nH]c3ccccc23)(c2c[nH]c3ccccc23)c2ccccc21. The van der Waals surface area contributed by atoms with Gasteiger partial charge in [-0.1, -0.05) is 54.6 Å². The molecule has 0 spiro atoms. The molecule has 0 radical (unpaired) electrons. The first-order valence-electron chi connectivity index (χ1n) is 9.25. The smallest absolute Gasteiger partial charge is 0.340 e. The van der Waals surface area contributed by atoms with E-state index in [0.717, 1.165) is 38.5 Å². The topological polar surface area (TPSA) is 57.9 Å². The Balaban J connectivity index is 1.78. The summed E-state index contributed by atoms with van der Waals surface area (Å²) in [6.07, 6.45) is 3.92.